The summed E-state index contributed by atoms with van der Waals surface area (Å²) in [7, 11) is 0. The number of hydrogen-bond donors (Lipinski definition) is 1. The van der Waals surface area contributed by atoms with E-state index in [1.807, 2.05) is 55.5 Å². The molecule has 0 atom stereocenters. The van der Waals surface area contributed by atoms with Crippen LogP contribution in [-0.4, -0.2) is 16.8 Å². The Hall–Kier alpha value is -3.76. The van der Waals surface area contributed by atoms with Crippen LogP contribution in [0.25, 0.3) is 6.08 Å². The molecule has 0 fully saturated rings. The summed E-state index contributed by atoms with van der Waals surface area (Å²) < 4.78 is 0. The third kappa shape index (κ3) is 4.94. The van der Waals surface area contributed by atoms with Gasteiger partial charge in [0, 0.05) is 18.0 Å². The Labute approximate surface area is 172 Å². The molecule has 0 radical (unpaired) electrons. The molecule has 144 valence electrons. The first-order valence-corrected chi connectivity index (χ1v) is 9.67. The fourth-order valence-electron chi connectivity index (χ4n) is 2.58. The van der Waals surface area contributed by atoms with Gasteiger partial charge in [-0.05, 0) is 37.3 Å². The van der Waals surface area contributed by atoms with Gasteiger partial charge in [-0.1, -0.05) is 35.9 Å². The Balaban J connectivity index is 1.83. The number of nitrogens with one attached hydrogen (secondary N) is 1. The van der Waals surface area contributed by atoms with Gasteiger partial charge in [-0.15, -0.1) is 11.3 Å². The molecule has 0 saturated heterocycles. The number of nitrogens with zero attached hydrogens (tertiary/aromatic N) is 3. The van der Waals surface area contributed by atoms with Crippen LogP contribution in [0.4, 0.5) is 16.5 Å². The minimum atomic E-state index is -0.516. The third-order valence-electron chi connectivity index (χ3n) is 4.00. The summed E-state index contributed by atoms with van der Waals surface area (Å²) in [6.45, 7) is 3.41. The van der Waals surface area contributed by atoms with Crippen LogP contribution in [0.1, 0.15) is 18.2 Å². The number of thiazole rings is 1. The van der Waals surface area contributed by atoms with Gasteiger partial charge in [0.25, 0.3) is 5.91 Å². The molecule has 0 unspecified atom stereocenters. The third-order valence-corrected chi connectivity index (χ3v) is 4.84. The highest BCUT2D eigenvalue weighted by Crippen LogP contribution is 2.29. The number of carbonyl (C=O) groups excluding carboxylic acids is 2. The van der Waals surface area contributed by atoms with Crippen LogP contribution in [0.15, 0.2) is 65.6 Å². The summed E-state index contributed by atoms with van der Waals surface area (Å²) >= 11 is 1.26. The van der Waals surface area contributed by atoms with Crippen molar-refractivity contribution in [1.82, 2.24) is 4.98 Å². The standard InChI is InChI=1S/C22H18N4O2S/c1-15-8-10-18(11-9-15)24-21(28)17(13-23)12-19-14-29-22(25-19)26(16(2)27)20-6-4-3-5-7-20/h3-12,14H,1-2H3,(H,24,28)/b17-12+. The second-order valence-electron chi connectivity index (χ2n) is 6.23. The Morgan fingerprint density at radius 1 is 1.14 bits per heavy atom. The normalized spacial score (nSPS) is 10.9. The molecule has 7 heteroatoms. The van der Waals surface area contributed by atoms with Crippen molar-refractivity contribution in [3.63, 3.8) is 0 Å². The number of benzene rings is 2. The van der Waals surface area contributed by atoms with Crippen LogP contribution in [0, 0.1) is 18.3 Å². The van der Waals surface area contributed by atoms with Crippen molar-refractivity contribution in [2.45, 2.75) is 13.8 Å². The highest BCUT2D eigenvalue weighted by atomic mass is 32.1. The van der Waals surface area contributed by atoms with Crippen molar-refractivity contribution in [2.75, 3.05) is 10.2 Å². The van der Waals surface area contributed by atoms with E-state index in [2.05, 4.69) is 10.3 Å². The molecule has 0 aliphatic rings. The van der Waals surface area contributed by atoms with Gasteiger partial charge in [-0.25, -0.2) is 4.98 Å². The number of aryl methyl sites for hydroxylation is 1. The topological polar surface area (TPSA) is 86.1 Å². The first-order valence-electron chi connectivity index (χ1n) is 8.79. The molecular weight excluding hydrogens is 384 g/mol. The Morgan fingerprint density at radius 2 is 1.83 bits per heavy atom. The summed E-state index contributed by atoms with van der Waals surface area (Å²) in [4.78, 5) is 30.4. The fraction of sp³-hybridized carbons (Fsp3) is 0.0909. The fourth-order valence-corrected chi connectivity index (χ4v) is 3.43. The zero-order chi connectivity index (χ0) is 20.8. The first-order chi connectivity index (χ1) is 14.0. The van der Waals surface area contributed by atoms with E-state index in [1.54, 1.807) is 17.5 Å². The van der Waals surface area contributed by atoms with E-state index in [0.717, 1.165) is 5.56 Å². The van der Waals surface area contributed by atoms with Crippen LogP contribution < -0.4 is 10.2 Å². The summed E-state index contributed by atoms with van der Waals surface area (Å²) in [6, 6.07) is 18.4. The predicted octanol–water partition coefficient (Wildman–Crippen LogP) is 4.68. The minimum absolute atomic E-state index is 0.0727. The Bertz CT molecular complexity index is 1100. The van der Waals surface area contributed by atoms with Gasteiger partial charge in [0.15, 0.2) is 5.13 Å². The molecule has 3 aromatic rings. The molecule has 0 saturated carbocycles. The van der Waals surface area contributed by atoms with Crippen molar-refractivity contribution < 1.29 is 9.59 Å². The van der Waals surface area contributed by atoms with Gasteiger partial charge < -0.3 is 5.32 Å². The summed E-state index contributed by atoms with van der Waals surface area (Å²) in [6.07, 6.45) is 1.41. The Morgan fingerprint density at radius 3 is 2.45 bits per heavy atom. The molecule has 1 aromatic heterocycles. The van der Waals surface area contributed by atoms with Crippen LogP contribution in [-0.2, 0) is 9.59 Å². The predicted molar refractivity (Wildman–Crippen MR) is 115 cm³/mol. The lowest BCUT2D eigenvalue weighted by molar-refractivity contribution is -0.116. The average Bonchev–Trinajstić information content (AvgIpc) is 3.16. The molecule has 6 nitrogen and oxygen atoms in total. The SMILES string of the molecule is CC(=O)N(c1ccccc1)c1nc(/C=C(\C#N)C(=O)Nc2ccc(C)cc2)cs1. The van der Waals surface area contributed by atoms with Crippen molar-refractivity contribution in [3.05, 3.63) is 76.8 Å². The largest absolute Gasteiger partial charge is 0.321 e. The van der Waals surface area contributed by atoms with E-state index in [9.17, 15) is 14.9 Å². The van der Waals surface area contributed by atoms with E-state index < -0.39 is 5.91 Å². The molecule has 0 aliphatic carbocycles. The maximum Gasteiger partial charge on any atom is 0.266 e. The number of carbonyl (C=O) groups is 2. The molecule has 2 aromatic carbocycles. The number of hydrogen-bond acceptors (Lipinski definition) is 5. The number of amides is 2. The molecule has 29 heavy (non-hydrogen) atoms. The molecule has 2 amide bonds. The summed E-state index contributed by atoms with van der Waals surface area (Å²) in [5, 5.41) is 14.3. The van der Waals surface area contributed by atoms with E-state index in [1.165, 1.54) is 29.2 Å². The minimum Gasteiger partial charge on any atom is -0.321 e. The van der Waals surface area contributed by atoms with Crippen molar-refractivity contribution in [1.29, 1.82) is 5.26 Å². The van der Waals surface area contributed by atoms with E-state index in [-0.39, 0.29) is 11.5 Å². The summed E-state index contributed by atoms with van der Waals surface area (Å²) in [5.41, 5.74) is 2.73. The van der Waals surface area contributed by atoms with Gasteiger partial charge in [-0.2, -0.15) is 5.26 Å². The number of nitriles is 1. The van der Waals surface area contributed by atoms with Crippen molar-refractivity contribution >= 4 is 45.7 Å². The number of aromatic nitrogens is 1. The molecule has 1 N–H and O–H groups in total. The number of para-hydroxylation sites is 1. The van der Waals surface area contributed by atoms with Gasteiger partial charge in [0.1, 0.15) is 11.6 Å². The lowest BCUT2D eigenvalue weighted by Crippen LogP contribution is -2.22. The maximum absolute atomic E-state index is 12.4. The monoisotopic (exact) mass is 402 g/mol. The maximum atomic E-state index is 12.4. The highest BCUT2D eigenvalue weighted by molar-refractivity contribution is 7.14. The Kier molecular flexibility index (Phi) is 6.17. The van der Waals surface area contributed by atoms with E-state index in [4.69, 9.17) is 0 Å². The lowest BCUT2D eigenvalue weighted by atomic mass is 10.2. The van der Waals surface area contributed by atoms with Crippen LogP contribution in [0.2, 0.25) is 0 Å². The summed E-state index contributed by atoms with van der Waals surface area (Å²) in [5.74, 6) is -0.698. The van der Waals surface area contributed by atoms with E-state index >= 15 is 0 Å². The van der Waals surface area contributed by atoms with Crippen molar-refractivity contribution in [3.8, 4) is 6.07 Å². The lowest BCUT2D eigenvalue weighted by Gasteiger charge is -2.17. The van der Waals surface area contributed by atoms with Crippen LogP contribution in [0.3, 0.4) is 0 Å². The second-order valence-corrected chi connectivity index (χ2v) is 7.07. The quantitative estimate of drug-likeness (QED) is 0.496. The molecule has 0 bridgehead atoms. The van der Waals surface area contributed by atoms with Crippen LogP contribution in [0.5, 0.6) is 0 Å². The number of anilines is 3. The second kappa shape index (κ2) is 8.95. The van der Waals surface area contributed by atoms with Gasteiger partial charge in [-0.3, -0.25) is 14.5 Å². The van der Waals surface area contributed by atoms with Gasteiger partial charge in [0.2, 0.25) is 5.91 Å². The molecule has 0 aliphatic heterocycles. The number of rotatable bonds is 5. The average molecular weight is 402 g/mol. The molecular formula is C22H18N4O2S. The smallest absolute Gasteiger partial charge is 0.266 e. The van der Waals surface area contributed by atoms with Crippen LogP contribution >= 0.6 is 11.3 Å². The van der Waals surface area contributed by atoms with Gasteiger partial charge >= 0.3 is 0 Å². The molecule has 3 rings (SSSR count). The highest BCUT2D eigenvalue weighted by Gasteiger charge is 2.18. The zero-order valence-electron chi connectivity index (χ0n) is 15.9. The molecule has 1 heterocycles. The van der Waals surface area contributed by atoms with Gasteiger partial charge in [0.05, 0.1) is 11.4 Å². The molecule has 0 spiro atoms. The van der Waals surface area contributed by atoms with Crippen molar-refractivity contribution in [2.24, 2.45) is 0 Å². The van der Waals surface area contributed by atoms with E-state index in [0.29, 0.717) is 22.2 Å². The zero-order valence-corrected chi connectivity index (χ0v) is 16.7. The first kappa shape index (κ1) is 20.0.